The fourth-order valence-electron chi connectivity index (χ4n) is 6.64. The number of nitrogens with zero attached hydrogens (tertiary/aromatic N) is 4. The van der Waals surface area contributed by atoms with Gasteiger partial charge >= 0.3 is 6.18 Å². The molecule has 3 heterocycles. The highest BCUT2D eigenvalue weighted by Crippen LogP contribution is 2.58. The molecule has 1 spiro atoms. The van der Waals surface area contributed by atoms with Crippen LogP contribution in [0.3, 0.4) is 0 Å². The number of aryl methyl sites for hydroxylation is 2. The summed E-state index contributed by atoms with van der Waals surface area (Å²) in [6.45, 7) is 3.83. The van der Waals surface area contributed by atoms with Crippen LogP contribution in [0.5, 0.6) is 0 Å². The summed E-state index contributed by atoms with van der Waals surface area (Å²) in [6, 6.07) is 11.6. The Labute approximate surface area is 217 Å². The number of aromatic nitrogens is 3. The molecule has 38 heavy (non-hydrogen) atoms. The van der Waals surface area contributed by atoms with Crippen LogP contribution >= 0.6 is 0 Å². The third-order valence-electron chi connectivity index (χ3n) is 8.62. The predicted molar refractivity (Wildman–Crippen MR) is 137 cm³/mol. The average Bonchev–Trinajstić information content (AvgIpc) is 3.43. The summed E-state index contributed by atoms with van der Waals surface area (Å²) in [5.41, 5.74) is 2.49. The summed E-state index contributed by atoms with van der Waals surface area (Å²) in [7, 11) is 2.05. The highest BCUT2D eigenvalue weighted by atomic mass is 19.4. The SMILES string of the molecule is Cc1cn(C)c2cc(N3CCC4(CC3)CC(c3c(C(F)F)cnn3-c3ccccc3C(F)(F)F)C4)ccc12. The number of piperidine rings is 1. The predicted octanol–water partition coefficient (Wildman–Crippen LogP) is 7.79. The number of rotatable bonds is 4. The van der Waals surface area contributed by atoms with Crippen molar-refractivity contribution < 1.29 is 22.0 Å². The van der Waals surface area contributed by atoms with Gasteiger partial charge in [-0.25, -0.2) is 13.5 Å². The zero-order valence-electron chi connectivity index (χ0n) is 21.3. The molecule has 2 aromatic heterocycles. The fourth-order valence-corrected chi connectivity index (χ4v) is 6.64. The molecule has 1 aliphatic heterocycles. The molecule has 9 heteroatoms. The number of hydrogen-bond acceptors (Lipinski definition) is 2. The molecular weight excluding hydrogens is 499 g/mol. The van der Waals surface area contributed by atoms with Crippen LogP contribution in [0.2, 0.25) is 0 Å². The maximum absolute atomic E-state index is 13.9. The van der Waals surface area contributed by atoms with Crippen LogP contribution in [0.4, 0.5) is 27.6 Å². The highest BCUT2D eigenvalue weighted by molar-refractivity contribution is 5.86. The first kappa shape index (κ1) is 24.9. The smallest absolute Gasteiger partial charge is 0.371 e. The molecule has 200 valence electrons. The second-order valence-corrected chi connectivity index (χ2v) is 10.9. The summed E-state index contributed by atoms with van der Waals surface area (Å²) >= 11 is 0. The third-order valence-corrected chi connectivity index (χ3v) is 8.62. The van der Waals surface area contributed by atoms with E-state index >= 15 is 0 Å². The zero-order valence-corrected chi connectivity index (χ0v) is 21.3. The number of fused-ring (bicyclic) bond motifs is 1. The van der Waals surface area contributed by atoms with Gasteiger partial charge < -0.3 is 9.47 Å². The molecule has 2 fully saturated rings. The van der Waals surface area contributed by atoms with E-state index in [-0.39, 0.29) is 28.3 Å². The maximum atomic E-state index is 13.9. The second-order valence-electron chi connectivity index (χ2n) is 10.9. The van der Waals surface area contributed by atoms with E-state index in [1.807, 2.05) is 7.05 Å². The molecular formula is C29H29F5N4. The van der Waals surface area contributed by atoms with Crippen LogP contribution in [0.1, 0.15) is 60.4 Å². The van der Waals surface area contributed by atoms with E-state index in [9.17, 15) is 22.0 Å². The standard InChI is InChI=1S/C29H29F5N4/c1-18-17-36(2)25-13-20(7-8-21(18)25)37-11-9-28(10-12-37)14-19(15-28)26-22(27(30)31)16-35-38(26)24-6-4-3-5-23(24)29(32,33)34/h3-8,13,16-17,19,27H,9-12,14-15H2,1-2H3. The van der Waals surface area contributed by atoms with Crippen molar-refractivity contribution in [2.75, 3.05) is 18.0 Å². The molecule has 6 rings (SSSR count). The molecule has 2 aliphatic rings. The summed E-state index contributed by atoms with van der Waals surface area (Å²) in [5, 5.41) is 5.27. The Balaban J connectivity index is 1.22. The summed E-state index contributed by atoms with van der Waals surface area (Å²) in [4.78, 5) is 2.37. The number of alkyl halides is 5. The molecule has 0 unspecified atom stereocenters. The molecule has 4 nitrogen and oxygen atoms in total. The lowest BCUT2D eigenvalue weighted by Crippen LogP contribution is -2.47. The van der Waals surface area contributed by atoms with Gasteiger partial charge in [-0.15, -0.1) is 0 Å². The number of halogens is 5. The van der Waals surface area contributed by atoms with Gasteiger partial charge in [0.15, 0.2) is 0 Å². The van der Waals surface area contributed by atoms with Gasteiger partial charge in [0.2, 0.25) is 0 Å². The van der Waals surface area contributed by atoms with Crippen LogP contribution in [0.25, 0.3) is 16.6 Å². The quantitative estimate of drug-likeness (QED) is 0.253. The first-order valence-corrected chi connectivity index (χ1v) is 12.9. The van der Waals surface area contributed by atoms with Gasteiger partial charge in [-0.2, -0.15) is 18.3 Å². The lowest BCUT2D eigenvalue weighted by molar-refractivity contribution is -0.137. The van der Waals surface area contributed by atoms with Crippen molar-refractivity contribution in [1.29, 1.82) is 0 Å². The molecule has 2 aromatic carbocycles. The Hall–Kier alpha value is -3.36. The van der Waals surface area contributed by atoms with Gasteiger partial charge in [0.1, 0.15) is 0 Å². The van der Waals surface area contributed by atoms with Crippen LogP contribution in [-0.2, 0) is 13.2 Å². The van der Waals surface area contributed by atoms with E-state index in [0.717, 1.165) is 42.9 Å². The monoisotopic (exact) mass is 528 g/mol. The summed E-state index contributed by atoms with van der Waals surface area (Å²) in [5.74, 6) is -0.253. The van der Waals surface area contributed by atoms with E-state index in [1.165, 1.54) is 40.4 Å². The van der Waals surface area contributed by atoms with Gasteiger partial charge in [0, 0.05) is 43.3 Å². The van der Waals surface area contributed by atoms with E-state index in [4.69, 9.17) is 0 Å². The Morgan fingerprint density at radius 2 is 1.74 bits per heavy atom. The number of hydrogen-bond donors (Lipinski definition) is 0. The average molecular weight is 529 g/mol. The first-order valence-electron chi connectivity index (χ1n) is 12.9. The molecule has 1 saturated carbocycles. The van der Waals surface area contributed by atoms with Crippen molar-refractivity contribution in [1.82, 2.24) is 14.3 Å². The molecule has 0 amide bonds. The number of para-hydroxylation sites is 1. The summed E-state index contributed by atoms with van der Waals surface area (Å²) in [6.07, 6.45) is -1.06. The summed E-state index contributed by atoms with van der Waals surface area (Å²) < 4.78 is 72.2. The minimum atomic E-state index is -4.61. The van der Waals surface area contributed by atoms with Gasteiger partial charge in [-0.1, -0.05) is 18.2 Å². The molecule has 0 bridgehead atoms. The van der Waals surface area contributed by atoms with Crippen molar-refractivity contribution >= 4 is 16.6 Å². The topological polar surface area (TPSA) is 26.0 Å². The van der Waals surface area contributed by atoms with Crippen molar-refractivity contribution in [3.8, 4) is 5.69 Å². The molecule has 0 radical (unpaired) electrons. The second kappa shape index (κ2) is 8.85. The Morgan fingerprint density at radius 1 is 1.03 bits per heavy atom. The molecule has 1 saturated heterocycles. The maximum Gasteiger partial charge on any atom is 0.418 e. The lowest BCUT2D eigenvalue weighted by Gasteiger charge is -2.53. The van der Waals surface area contributed by atoms with Gasteiger partial charge in [-0.3, -0.25) is 0 Å². The van der Waals surface area contributed by atoms with Crippen LogP contribution in [0, 0.1) is 12.3 Å². The van der Waals surface area contributed by atoms with Gasteiger partial charge in [0.05, 0.1) is 34.2 Å². The van der Waals surface area contributed by atoms with Crippen molar-refractivity contribution in [2.45, 2.75) is 51.1 Å². The van der Waals surface area contributed by atoms with Crippen LogP contribution in [-0.4, -0.2) is 27.4 Å². The van der Waals surface area contributed by atoms with Gasteiger partial charge in [0.25, 0.3) is 6.43 Å². The Kier molecular flexibility index (Phi) is 5.81. The van der Waals surface area contributed by atoms with E-state index < -0.39 is 18.2 Å². The van der Waals surface area contributed by atoms with Crippen LogP contribution in [0.15, 0.2) is 54.9 Å². The number of anilines is 1. The highest BCUT2D eigenvalue weighted by Gasteiger charge is 2.49. The van der Waals surface area contributed by atoms with Crippen molar-refractivity contribution in [3.63, 3.8) is 0 Å². The van der Waals surface area contributed by atoms with E-state index in [1.54, 1.807) is 0 Å². The third kappa shape index (κ3) is 4.07. The van der Waals surface area contributed by atoms with Crippen LogP contribution < -0.4 is 4.90 Å². The minimum Gasteiger partial charge on any atom is -0.371 e. The van der Waals surface area contributed by atoms with E-state index in [0.29, 0.717) is 12.8 Å². The van der Waals surface area contributed by atoms with Crippen molar-refractivity contribution in [2.24, 2.45) is 12.5 Å². The van der Waals surface area contributed by atoms with Gasteiger partial charge in [-0.05, 0) is 67.9 Å². The fraction of sp³-hybridized carbons (Fsp3) is 0.414. The molecule has 4 aromatic rings. The first-order chi connectivity index (χ1) is 18.1. The Morgan fingerprint density at radius 3 is 2.42 bits per heavy atom. The molecule has 1 aliphatic carbocycles. The largest absolute Gasteiger partial charge is 0.418 e. The minimum absolute atomic E-state index is 0.0187. The number of benzene rings is 2. The molecule has 0 N–H and O–H groups in total. The van der Waals surface area contributed by atoms with Crippen molar-refractivity contribution in [3.05, 3.63) is 77.2 Å². The Bertz CT molecular complexity index is 1480. The van der Waals surface area contributed by atoms with E-state index in [2.05, 4.69) is 45.9 Å². The lowest BCUT2D eigenvalue weighted by atomic mass is 9.56. The normalized spacial score (nSPS) is 18.1. The zero-order chi connectivity index (χ0) is 26.8. The molecule has 0 atom stereocenters.